The first-order valence-corrected chi connectivity index (χ1v) is 7.49. The normalized spacial score (nSPS) is 23.9. The molecule has 0 aliphatic heterocycles. The van der Waals surface area contributed by atoms with Crippen molar-refractivity contribution in [1.82, 2.24) is 9.78 Å². The monoisotopic (exact) mass is 267 g/mol. The highest BCUT2D eigenvalue weighted by Crippen LogP contribution is 2.51. The van der Waals surface area contributed by atoms with E-state index in [-0.39, 0.29) is 0 Å². The number of aromatic nitrogens is 2. The number of hydrogen-bond acceptors (Lipinski definition) is 2. The van der Waals surface area contributed by atoms with Crippen LogP contribution in [0.25, 0.3) is 0 Å². The number of anilines is 1. The Bertz CT molecular complexity index is 436. The molecule has 18 heavy (non-hydrogen) atoms. The fourth-order valence-corrected chi connectivity index (χ4v) is 4.03. The van der Waals surface area contributed by atoms with E-state index in [2.05, 4.69) is 5.10 Å². The van der Waals surface area contributed by atoms with Gasteiger partial charge in [0.05, 0.1) is 11.7 Å². The van der Waals surface area contributed by atoms with Crippen molar-refractivity contribution in [3.05, 3.63) is 10.7 Å². The van der Waals surface area contributed by atoms with Crippen LogP contribution in [-0.2, 0) is 0 Å². The van der Waals surface area contributed by atoms with Gasteiger partial charge >= 0.3 is 0 Å². The Hall–Kier alpha value is -0.700. The van der Waals surface area contributed by atoms with Gasteiger partial charge in [-0.2, -0.15) is 5.10 Å². The number of hydrogen-bond donors (Lipinski definition) is 1. The van der Waals surface area contributed by atoms with Crippen LogP contribution in [0.2, 0.25) is 5.02 Å². The summed E-state index contributed by atoms with van der Waals surface area (Å²) in [6.45, 7) is 1.93. The van der Waals surface area contributed by atoms with Gasteiger partial charge < -0.3 is 5.73 Å². The molecule has 3 nitrogen and oxygen atoms in total. The lowest BCUT2D eigenvalue weighted by molar-refractivity contribution is 0.153. The SMILES string of the molecule is Cc1nn(C2CCC3(CCCC3)CC2)c(N)c1Cl. The van der Waals surface area contributed by atoms with Crippen LogP contribution in [0.3, 0.4) is 0 Å². The van der Waals surface area contributed by atoms with Gasteiger partial charge in [0.25, 0.3) is 0 Å². The number of halogens is 1. The molecule has 1 aromatic heterocycles. The van der Waals surface area contributed by atoms with Crippen LogP contribution in [0.4, 0.5) is 5.82 Å². The topological polar surface area (TPSA) is 43.8 Å². The minimum atomic E-state index is 0.461. The first kappa shape index (κ1) is 12.3. The van der Waals surface area contributed by atoms with E-state index in [1.165, 1.54) is 51.4 Å². The van der Waals surface area contributed by atoms with Gasteiger partial charge in [0, 0.05) is 0 Å². The molecule has 3 rings (SSSR count). The van der Waals surface area contributed by atoms with E-state index in [4.69, 9.17) is 17.3 Å². The second-order valence-electron chi connectivity index (χ2n) is 6.17. The minimum absolute atomic E-state index is 0.461. The average Bonchev–Trinajstić information content (AvgIpc) is 2.92. The number of nitrogen functional groups attached to an aromatic ring is 1. The highest BCUT2D eigenvalue weighted by molar-refractivity contribution is 6.33. The van der Waals surface area contributed by atoms with Gasteiger partial charge in [-0.1, -0.05) is 24.4 Å². The van der Waals surface area contributed by atoms with Crippen molar-refractivity contribution in [2.45, 2.75) is 64.3 Å². The van der Waals surface area contributed by atoms with Crippen molar-refractivity contribution in [1.29, 1.82) is 0 Å². The standard InChI is InChI=1S/C14H22ClN3/c1-10-12(15)13(16)18(17-10)11-4-8-14(9-5-11)6-2-3-7-14/h11H,2-9,16H2,1H3. The highest BCUT2D eigenvalue weighted by Gasteiger charge is 2.38. The molecule has 0 amide bonds. The molecule has 0 atom stereocenters. The molecule has 2 saturated carbocycles. The molecule has 2 fully saturated rings. The first-order valence-electron chi connectivity index (χ1n) is 7.11. The molecular formula is C14H22ClN3. The Labute approximate surface area is 114 Å². The van der Waals surface area contributed by atoms with Crippen LogP contribution in [-0.4, -0.2) is 9.78 Å². The summed E-state index contributed by atoms with van der Waals surface area (Å²) >= 11 is 6.13. The van der Waals surface area contributed by atoms with Gasteiger partial charge in [0.1, 0.15) is 10.8 Å². The third kappa shape index (κ3) is 1.93. The molecular weight excluding hydrogens is 246 g/mol. The van der Waals surface area contributed by atoms with Crippen molar-refractivity contribution >= 4 is 17.4 Å². The fraction of sp³-hybridized carbons (Fsp3) is 0.786. The van der Waals surface area contributed by atoms with Crippen molar-refractivity contribution < 1.29 is 0 Å². The largest absolute Gasteiger partial charge is 0.383 e. The predicted octanol–water partition coefficient (Wildman–Crippen LogP) is 4.10. The average molecular weight is 268 g/mol. The maximum atomic E-state index is 6.13. The summed E-state index contributed by atoms with van der Waals surface area (Å²) in [4.78, 5) is 0. The molecule has 4 heteroatoms. The summed E-state index contributed by atoms with van der Waals surface area (Å²) in [6.07, 6.45) is 10.8. The Morgan fingerprint density at radius 3 is 2.33 bits per heavy atom. The Morgan fingerprint density at radius 1 is 1.22 bits per heavy atom. The van der Waals surface area contributed by atoms with E-state index in [1.54, 1.807) is 0 Å². The summed E-state index contributed by atoms with van der Waals surface area (Å²) in [5.41, 5.74) is 7.57. The smallest absolute Gasteiger partial charge is 0.141 e. The number of rotatable bonds is 1. The van der Waals surface area contributed by atoms with Crippen molar-refractivity contribution in [2.75, 3.05) is 5.73 Å². The summed E-state index contributed by atoms with van der Waals surface area (Å²) in [7, 11) is 0. The van der Waals surface area contributed by atoms with Gasteiger partial charge in [-0.3, -0.25) is 0 Å². The van der Waals surface area contributed by atoms with E-state index in [1.807, 2.05) is 11.6 Å². The Kier molecular flexibility index (Phi) is 3.05. The van der Waals surface area contributed by atoms with Crippen molar-refractivity contribution in [3.63, 3.8) is 0 Å². The first-order chi connectivity index (χ1) is 8.61. The van der Waals surface area contributed by atoms with Crippen LogP contribution < -0.4 is 5.73 Å². The molecule has 0 aromatic carbocycles. The van der Waals surface area contributed by atoms with E-state index in [0.717, 1.165) is 5.69 Å². The molecule has 2 N–H and O–H groups in total. The second-order valence-corrected chi connectivity index (χ2v) is 6.55. The Balaban J connectivity index is 1.74. The van der Waals surface area contributed by atoms with Crippen molar-refractivity contribution in [3.8, 4) is 0 Å². The van der Waals surface area contributed by atoms with Crippen LogP contribution in [0.15, 0.2) is 0 Å². The van der Waals surface area contributed by atoms with E-state index in [9.17, 15) is 0 Å². The van der Waals surface area contributed by atoms with E-state index >= 15 is 0 Å². The maximum absolute atomic E-state index is 6.13. The molecule has 0 bridgehead atoms. The van der Waals surface area contributed by atoms with Crippen LogP contribution in [0.5, 0.6) is 0 Å². The zero-order chi connectivity index (χ0) is 12.8. The maximum Gasteiger partial charge on any atom is 0.141 e. The third-order valence-electron chi connectivity index (χ3n) is 5.07. The lowest BCUT2D eigenvalue weighted by atomic mass is 9.71. The minimum Gasteiger partial charge on any atom is -0.383 e. The Morgan fingerprint density at radius 2 is 1.83 bits per heavy atom. The molecule has 1 aromatic rings. The highest BCUT2D eigenvalue weighted by atomic mass is 35.5. The van der Waals surface area contributed by atoms with Gasteiger partial charge in [0.2, 0.25) is 0 Å². The van der Waals surface area contributed by atoms with Gasteiger partial charge in [-0.15, -0.1) is 0 Å². The summed E-state index contributed by atoms with van der Waals surface area (Å²) < 4.78 is 1.97. The number of nitrogens with two attached hydrogens (primary N) is 1. The second kappa shape index (κ2) is 4.44. The fourth-order valence-electron chi connectivity index (χ4n) is 3.91. The van der Waals surface area contributed by atoms with Gasteiger partial charge in [0.15, 0.2) is 0 Å². The molecule has 2 aliphatic rings. The molecule has 0 saturated heterocycles. The lowest BCUT2D eigenvalue weighted by Gasteiger charge is -2.37. The zero-order valence-corrected chi connectivity index (χ0v) is 11.8. The quantitative estimate of drug-likeness (QED) is 0.832. The summed E-state index contributed by atoms with van der Waals surface area (Å²) in [6, 6.07) is 0.461. The summed E-state index contributed by atoms with van der Waals surface area (Å²) in [5.74, 6) is 0.654. The molecule has 1 heterocycles. The molecule has 1 spiro atoms. The zero-order valence-electron chi connectivity index (χ0n) is 11.1. The van der Waals surface area contributed by atoms with Gasteiger partial charge in [-0.05, 0) is 50.9 Å². The molecule has 2 aliphatic carbocycles. The third-order valence-corrected chi connectivity index (χ3v) is 5.54. The van der Waals surface area contributed by atoms with Crippen LogP contribution in [0, 0.1) is 12.3 Å². The molecule has 0 radical (unpaired) electrons. The lowest BCUT2D eigenvalue weighted by Crippen LogP contribution is -2.27. The number of aryl methyl sites for hydroxylation is 1. The van der Waals surface area contributed by atoms with Crippen LogP contribution >= 0.6 is 11.6 Å². The molecule has 0 unspecified atom stereocenters. The molecule has 100 valence electrons. The van der Waals surface area contributed by atoms with Crippen molar-refractivity contribution in [2.24, 2.45) is 5.41 Å². The van der Waals surface area contributed by atoms with Crippen LogP contribution in [0.1, 0.15) is 63.1 Å². The van der Waals surface area contributed by atoms with Gasteiger partial charge in [-0.25, -0.2) is 4.68 Å². The number of nitrogens with zero attached hydrogens (tertiary/aromatic N) is 2. The summed E-state index contributed by atoms with van der Waals surface area (Å²) in [5, 5.41) is 5.14. The predicted molar refractivity (Wildman–Crippen MR) is 74.8 cm³/mol. The van der Waals surface area contributed by atoms with E-state index in [0.29, 0.717) is 22.3 Å². The van der Waals surface area contributed by atoms with E-state index < -0.39 is 0 Å².